The molecule has 1 aromatic rings. The van der Waals surface area contributed by atoms with Crippen molar-refractivity contribution in [2.75, 3.05) is 5.73 Å². The zero-order valence-electron chi connectivity index (χ0n) is 11.8. The van der Waals surface area contributed by atoms with Crippen LogP contribution in [0.4, 0.5) is 5.13 Å². The number of nitrogens with two attached hydrogens (primary N) is 1. The molecule has 1 aromatic heterocycles. The van der Waals surface area contributed by atoms with Crippen molar-refractivity contribution in [2.24, 2.45) is 0 Å². The molecule has 0 aromatic carbocycles. The molecule has 0 aliphatic rings. The minimum Gasteiger partial charge on any atom is -0.374 e. The molecule has 0 aliphatic carbocycles. The van der Waals surface area contributed by atoms with Gasteiger partial charge in [-0.25, -0.2) is 0 Å². The largest absolute Gasteiger partial charge is 0.374 e. The zero-order valence-corrected chi connectivity index (χ0v) is 14.2. The van der Waals surface area contributed by atoms with E-state index in [1.807, 2.05) is 0 Å². The minimum atomic E-state index is 0.144. The zero-order chi connectivity index (χ0) is 14.0. The summed E-state index contributed by atoms with van der Waals surface area (Å²) in [6.07, 6.45) is 0. The summed E-state index contributed by atoms with van der Waals surface area (Å²) in [5.74, 6) is 0. The number of anilines is 1. The van der Waals surface area contributed by atoms with Crippen LogP contribution in [0.25, 0.3) is 4.91 Å². The van der Waals surface area contributed by atoms with Crippen molar-refractivity contribution in [3.63, 3.8) is 0 Å². The first-order valence-electron chi connectivity index (χ1n) is 5.73. The van der Waals surface area contributed by atoms with E-state index in [1.165, 1.54) is 11.3 Å². The van der Waals surface area contributed by atoms with Crippen LogP contribution >= 0.6 is 34.9 Å². The molecule has 0 saturated heterocycles. The second-order valence-corrected chi connectivity index (χ2v) is 10.4. The summed E-state index contributed by atoms with van der Waals surface area (Å²) in [5, 5.41) is 11.6. The summed E-state index contributed by atoms with van der Waals surface area (Å²) in [7, 11) is 0. The number of hydrogen-bond donors (Lipinski definition) is 1. The molecule has 0 spiro atoms. The maximum absolute atomic E-state index is 5.66. The molecular formula is C12H21N3S3. The third kappa shape index (κ3) is 6.11. The molecule has 0 fully saturated rings. The molecule has 0 saturated carbocycles. The fourth-order valence-electron chi connectivity index (χ4n) is 1.01. The van der Waals surface area contributed by atoms with Crippen LogP contribution in [0.5, 0.6) is 0 Å². The minimum absolute atomic E-state index is 0.144. The maximum Gasteiger partial charge on any atom is 0.203 e. The summed E-state index contributed by atoms with van der Waals surface area (Å²) in [6, 6.07) is 0. The van der Waals surface area contributed by atoms with Crippen molar-refractivity contribution < 1.29 is 0 Å². The molecular weight excluding hydrogens is 282 g/mol. The summed E-state index contributed by atoms with van der Waals surface area (Å²) in [6.45, 7) is 13.2. The monoisotopic (exact) mass is 303 g/mol. The van der Waals surface area contributed by atoms with E-state index < -0.39 is 0 Å². The Morgan fingerprint density at radius 3 is 2.11 bits per heavy atom. The van der Waals surface area contributed by atoms with Gasteiger partial charge in [0.1, 0.15) is 0 Å². The van der Waals surface area contributed by atoms with E-state index in [0.717, 1.165) is 9.91 Å². The van der Waals surface area contributed by atoms with Crippen LogP contribution in [0.15, 0.2) is 5.41 Å². The highest BCUT2D eigenvalue weighted by molar-refractivity contribution is 8.11. The van der Waals surface area contributed by atoms with Crippen molar-refractivity contribution in [1.29, 1.82) is 0 Å². The molecule has 1 heterocycles. The van der Waals surface area contributed by atoms with Crippen LogP contribution in [-0.2, 0) is 0 Å². The number of nitrogen functional groups attached to an aromatic ring is 1. The normalized spacial score (nSPS) is 14.0. The Morgan fingerprint density at radius 1 is 1.11 bits per heavy atom. The third-order valence-electron chi connectivity index (χ3n) is 1.59. The summed E-state index contributed by atoms with van der Waals surface area (Å²) >= 11 is 5.04. The molecule has 0 amide bonds. The van der Waals surface area contributed by atoms with Crippen LogP contribution < -0.4 is 5.73 Å². The Labute approximate surface area is 122 Å². The highest BCUT2D eigenvalue weighted by Crippen LogP contribution is 2.41. The average Bonchev–Trinajstić information content (AvgIpc) is 2.56. The second kappa shape index (κ2) is 5.84. The number of aromatic nitrogens is 2. The molecule has 0 unspecified atom stereocenters. The van der Waals surface area contributed by atoms with Crippen LogP contribution in [0, 0.1) is 0 Å². The molecule has 2 N–H and O–H groups in total. The van der Waals surface area contributed by atoms with Crippen molar-refractivity contribution in [1.82, 2.24) is 10.2 Å². The Kier molecular flexibility index (Phi) is 5.14. The van der Waals surface area contributed by atoms with E-state index in [0.29, 0.717) is 5.13 Å². The number of hydrogen-bond acceptors (Lipinski definition) is 6. The molecule has 18 heavy (non-hydrogen) atoms. The van der Waals surface area contributed by atoms with E-state index in [2.05, 4.69) is 57.1 Å². The first-order chi connectivity index (χ1) is 8.07. The van der Waals surface area contributed by atoms with E-state index >= 15 is 0 Å². The van der Waals surface area contributed by atoms with Gasteiger partial charge in [-0.3, -0.25) is 0 Å². The third-order valence-corrected chi connectivity index (χ3v) is 4.86. The predicted octanol–water partition coefficient (Wildman–Crippen LogP) is 4.48. The molecule has 102 valence electrons. The Morgan fingerprint density at radius 2 is 1.72 bits per heavy atom. The SMILES string of the molecule is CC(C)(C)S/C=C(/SC(C)(C)C)c1nnc(N)s1. The summed E-state index contributed by atoms with van der Waals surface area (Å²) < 4.78 is 0.338. The highest BCUT2D eigenvalue weighted by Gasteiger charge is 2.19. The van der Waals surface area contributed by atoms with Gasteiger partial charge in [-0.05, 0) is 5.41 Å². The first-order valence-corrected chi connectivity index (χ1v) is 8.24. The van der Waals surface area contributed by atoms with Crippen molar-refractivity contribution in [3.05, 3.63) is 10.4 Å². The van der Waals surface area contributed by atoms with Gasteiger partial charge in [-0.1, -0.05) is 52.9 Å². The van der Waals surface area contributed by atoms with Gasteiger partial charge in [0.05, 0.1) is 4.91 Å². The molecule has 6 heteroatoms. The van der Waals surface area contributed by atoms with Crippen LogP contribution in [0.1, 0.15) is 46.6 Å². The Balaban J connectivity index is 2.96. The van der Waals surface area contributed by atoms with Gasteiger partial charge in [0.25, 0.3) is 0 Å². The van der Waals surface area contributed by atoms with Gasteiger partial charge >= 0.3 is 0 Å². The highest BCUT2D eigenvalue weighted by atomic mass is 32.2. The van der Waals surface area contributed by atoms with Gasteiger partial charge in [0.2, 0.25) is 5.13 Å². The lowest BCUT2D eigenvalue weighted by Crippen LogP contribution is -2.08. The topological polar surface area (TPSA) is 51.8 Å². The van der Waals surface area contributed by atoms with E-state index in [1.54, 1.807) is 23.5 Å². The molecule has 0 radical (unpaired) electrons. The lowest BCUT2D eigenvalue weighted by atomic mass is 10.3. The summed E-state index contributed by atoms with van der Waals surface area (Å²) in [4.78, 5) is 1.15. The molecule has 0 aliphatic heterocycles. The van der Waals surface area contributed by atoms with Gasteiger partial charge in [-0.2, -0.15) is 0 Å². The summed E-state index contributed by atoms with van der Waals surface area (Å²) in [5.41, 5.74) is 5.66. The molecule has 3 nitrogen and oxygen atoms in total. The maximum atomic E-state index is 5.66. The number of thioether (sulfide) groups is 2. The van der Waals surface area contributed by atoms with Crippen molar-refractivity contribution >= 4 is 44.9 Å². The molecule has 0 atom stereocenters. The van der Waals surface area contributed by atoms with Crippen LogP contribution in [0.3, 0.4) is 0 Å². The van der Waals surface area contributed by atoms with Crippen LogP contribution in [0.2, 0.25) is 0 Å². The van der Waals surface area contributed by atoms with E-state index in [9.17, 15) is 0 Å². The van der Waals surface area contributed by atoms with E-state index in [4.69, 9.17) is 5.73 Å². The smallest absolute Gasteiger partial charge is 0.203 e. The molecule has 0 bridgehead atoms. The Hall–Kier alpha value is -0.200. The van der Waals surface area contributed by atoms with Gasteiger partial charge in [0.15, 0.2) is 5.01 Å². The fraction of sp³-hybridized carbons (Fsp3) is 0.667. The van der Waals surface area contributed by atoms with Crippen molar-refractivity contribution in [3.8, 4) is 0 Å². The molecule has 1 rings (SSSR count). The first kappa shape index (κ1) is 15.9. The van der Waals surface area contributed by atoms with Crippen molar-refractivity contribution in [2.45, 2.75) is 51.0 Å². The lowest BCUT2D eigenvalue weighted by Gasteiger charge is -2.20. The Bertz CT molecular complexity index is 425. The quantitative estimate of drug-likeness (QED) is 0.892. The standard InChI is InChI=1S/C12H21N3S3/c1-11(2,3)16-7-8(18-12(4,5)6)9-14-15-10(13)17-9/h7H,1-6H3,(H2,13,15)/b8-7+. The van der Waals surface area contributed by atoms with Gasteiger partial charge in [-0.15, -0.1) is 33.7 Å². The van der Waals surface area contributed by atoms with E-state index in [-0.39, 0.29) is 9.49 Å². The predicted molar refractivity (Wildman–Crippen MR) is 87.0 cm³/mol. The van der Waals surface area contributed by atoms with Crippen LogP contribution in [-0.4, -0.2) is 19.7 Å². The van der Waals surface area contributed by atoms with Gasteiger partial charge in [0, 0.05) is 9.49 Å². The fourth-order valence-corrected chi connectivity index (χ4v) is 3.55. The average molecular weight is 304 g/mol. The second-order valence-electron chi connectivity index (χ2n) is 5.87. The number of nitrogens with zero attached hydrogens (tertiary/aromatic N) is 2. The number of rotatable bonds is 3. The lowest BCUT2D eigenvalue weighted by molar-refractivity contribution is 0.806. The van der Waals surface area contributed by atoms with Gasteiger partial charge < -0.3 is 5.73 Å².